The van der Waals surface area contributed by atoms with Gasteiger partial charge in [-0.15, -0.1) is 11.8 Å². The smallest absolute Gasteiger partial charge is 0.226 e. The van der Waals surface area contributed by atoms with Crippen LogP contribution in [0.15, 0.2) is 33.7 Å². The van der Waals surface area contributed by atoms with Crippen molar-refractivity contribution in [1.82, 2.24) is 5.16 Å². The lowest BCUT2D eigenvalue weighted by molar-refractivity contribution is -0.115. The zero-order chi connectivity index (χ0) is 14.5. The van der Waals surface area contributed by atoms with Crippen LogP contribution in [0.4, 0.5) is 14.6 Å². The first-order valence-corrected chi connectivity index (χ1v) is 6.84. The minimum absolute atomic E-state index is 0.188. The Balaban J connectivity index is 1.79. The van der Waals surface area contributed by atoms with Gasteiger partial charge in [0.15, 0.2) is 5.82 Å². The fourth-order valence-corrected chi connectivity index (χ4v) is 2.35. The fourth-order valence-electron chi connectivity index (χ4n) is 1.48. The van der Waals surface area contributed by atoms with Crippen LogP contribution in [0.1, 0.15) is 12.2 Å². The predicted molar refractivity (Wildman–Crippen MR) is 71.6 cm³/mol. The second-order valence-electron chi connectivity index (χ2n) is 4.04. The highest BCUT2D eigenvalue weighted by Gasteiger charge is 2.08. The summed E-state index contributed by atoms with van der Waals surface area (Å²) in [6, 6.07) is 4.96. The zero-order valence-electron chi connectivity index (χ0n) is 10.7. The van der Waals surface area contributed by atoms with Gasteiger partial charge >= 0.3 is 0 Å². The Morgan fingerprint density at radius 1 is 1.40 bits per heavy atom. The molecule has 4 nitrogen and oxygen atoms in total. The molecule has 1 aromatic heterocycles. The molecule has 2 rings (SSSR count). The van der Waals surface area contributed by atoms with Crippen LogP contribution in [-0.2, 0) is 4.79 Å². The summed E-state index contributed by atoms with van der Waals surface area (Å²) in [4.78, 5) is 11.9. The van der Waals surface area contributed by atoms with Crippen molar-refractivity contribution in [3.63, 3.8) is 0 Å². The first-order chi connectivity index (χ1) is 9.54. The van der Waals surface area contributed by atoms with Crippen LogP contribution in [0.25, 0.3) is 0 Å². The van der Waals surface area contributed by atoms with Gasteiger partial charge in [0.1, 0.15) is 17.4 Å². The van der Waals surface area contributed by atoms with Crippen LogP contribution in [0.3, 0.4) is 0 Å². The first-order valence-electron chi connectivity index (χ1n) is 5.85. The standard InChI is InChI=1S/C13H12F2N2O2S/c1-8-6-12(17-19-8)16-13(18)4-5-20-11-3-2-9(14)7-10(11)15/h2-3,6-7H,4-5H2,1H3,(H,16,17,18). The van der Waals surface area contributed by atoms with Crippen molar-refractivity contribution in [2.24, 2.45) is 0 Å². The number of thioether (sulfide) groups is 1. The highest BCUT2D eigenvalue weighted by Crippen LogP contribution is 2.23. The van der Waals surface area contributed by atoms with Gasteiger partial charge in [-0.25, -0.2) is 8.78 Å². The zero-order valence-corrected chi connectivity index (χ0v) is 11.5. The third kappa shape index (κ3) is 4.06. The van der Waals surface area contributed by atoms with Crippen molar-refractivity contribution in [2.75, 3.05) is 11.1 Å². The van der Waals surface area contributed by atoms with Gasteiger partial charge in [-0.1, -0.05) is 5.16 Å². The summed E-state index contributed by atoms with van der Waals surface area (Å²) >= 11 is 1.15. The molecule has 2 aromatic rings. The molecule has 0 saturated heterocycles. The number of hydrogen-bond donors (Lipinski definition) is 1. The van der Waals surface area contributed by atoms with E-state index in [4.69, 9.17) is 4.52 Å². The van der Waals surface area contributed by atoms with Gasteiger partial charge in [-0.3, -0.25) is 4.79 Å². The fraction of sp³-hybridized carbons (Fsp3) is 0.231. The molecule has 0 aliphatic heterocycles. The Hall–Kier alpha value is -1.89. The molecule has 106 valence electrons. The maximum atomic E-state index is 13.3. The van der Waals surface area contributed by atoms with E-state index in [9.17, 15) is 13.6 Å². The minimum atomic E-state index is -0.623. The summed E-state index contributed by atoms with van der Waals surface area (Å²) in [5, 5.41) is 6.19. The topological polar surface area (TPSA) is 55.1 Å². The monoisotopic (exact) mass is 298 g/mol. The normalized spacial score (nSPS) is 10.6. The number of halogens is 2. The summed E-state index contributed by atoms with van der Waals surface area (Å²) in [5.41, 5.74) is 0. The van der Waals surface area contributed by atoms with Gasteiger partial charge in [0, 0.05) is 29.2 Å². The van der Waals surface area contributed by atoms with Crippen molar-refractivity contribution < 1.29 is 18.1 Å². The molecule has 0 spiro atoms. The molecule has 1 amide bonds. The highest BCUT2D eigenvalue weighted by atomic mass is 32.2. The number of anilines is 1. The number of aromatic nitrogens is 1. The average molecular weight is 298 g/mol. The maximum Gasteiger partial charge on any atom is 0.226 e. The van der Waals surface area contributed by atoms with Gasteiger partial charge in [-0.05, 0) is 19.1 Å². The van der Waals surface area contributed by atoms with E-state index in [1.165, 1.54) is 12.1 Å². The Bertz CT molecular complexity index is 616. The molecule has 0 saturated carbocycles. The lowest BCUT2D eigenvalue weighted by Crippen LogP contribution is -2.12. The molecule has 0 bridgehead atoms. The molecule has 1 heterocycles. The van der Waals surface area contributed by atoms with Crippen LogP contribution >= 0.6 is 11.8 Å². The van der Waals surface area contributed by atoms with E-state index < -0.39 is 11.6 Å². The van der Waals surface area contributed by atoms with E-state index in [0.29, 0.717) is 22.2 Å². The third-order valence-electron chi connectivity index (χ3n) is 2.38. The van der Waals surface area contributed by atoms with E-state index in [-0.39, 0.29) is 12.3 Å². The number of hydrogen-bond acceptors (Lipinski definition) is 4. The average Bonchev–Trinajstić information content (AvgIpc) is 2.77. The Kier molecular flexibility index (Phi) is 4.73. The number of nitrogens with one attached hydrogen (secondary N) is 1. The molecule has 1 N–H and O–H groups in total. The summed E-state index contributed by atoms with van der Waals surface area (Å²) in [7, 11) is 0. The number of carbonyl (C=O) groups is 1. The number of carbonyl (C=O) groups excluding carboxylic acids is 1. The van der Waals surface area contributed by atoms with Crippen LogP contribution in [0.2, 0.25) is 0 Å². The molecule has 7 heteroatoms. The second-order valence-corrected chi connectivity index (χ2v) is 5.18. The number of nitrogens with zero attached hydrogens (tertiary/aromatic N) is 1. The summed E-state index contributed by atoms with van der Waals surface area (Å²) in [5.74, 6) is -0.152. The van der Waals surface area contributed by atoms with Crippen LogP contribution in [-0.4, -0.2) is 16.8 Å². The SMILES string of the molecule is Cc1cc(NC(=O)CCSc2ccc(F)cc2F)no1. The number of rotatable bonds is 5. The lowest BCUT2D eigenvalue weighted by atomic mass is 10.3. The van der Waals surface area contributed by atoms with Gasteiger partial charge in [0.05, 0.1) is 0 Å². The van der Waals surface area contributed by atoms with E-state index >= 15 is 0 Å². The van der Waals surface area contributed by atoms with Gasteiger partial charge in [-0.2, -0.15) is 0 Å². The maximum absolute atomic E-state index is 13.3. The predicted octanol–water partition coefficient (Wildman–Crippen LogP) is 3.38. The van der Waals surface area contributed by atoms with E-state index in [1.54, 1.807) is 13.0 Å². The Morgan fingerprint density at radius 3 is 2.85 bits per heavy atom. The van der Waals surface area contributed by atoms with Gasteiger partial charge in [0.2, 0.25) is 5.91 Å². The number of amides is 1. The Morgan fingerprint density at radius 2 is 2.20 bits per heavy atom. The second kappa shape index (κ2) is 6.51. The molecular formula is C13H12F2N2O2S. The van der Waals surface area contributed by atoms with Gasteiger partial charge in [0.25, 0.3) is 0 Å². The summed E-state index contributed by atoms with van der Waals surface area (Å²) in [6.07, 6.45) is 0.188. The largest absolute Gasteiger partial charge is 0.360 e. The molecule has 0 aliphatic carbocycles. The number of benzene rings is 1. The van der Waals surface area contributed by atoms with Crippen LogP contribution in [0, 0.1) is 18.6 Å². The molecule has 0 fully saturated rings. The van der Waals surface area contributed by atoms with E-state index in [0.717, 1.165) is 17.8 Å². The molecule has 0 unspecified atom stereocenters. The van der Waals surface area contributed by atoms with Crippen molar-refractivity contribution >= 4 is 23.5 Å². The van der Waals surface area contributed by atoms with Crippen LogP contribution in [0.5, 0.6) is 0 Å². The minimum Gasteiger partial charge on any atom is -0.360 e. The van der Waals surface area contributed by atoms with Gasteiger partial charge < -0.3 is 9.84 Å². The van der Waals surface area contributed by atoms with Crippen molar-refractivity contribution in [3.05, 3.63) is 41.7 Å². The summed E-state index contributed by atoms with van der Waals surface area (Å²) in [6.45, 7) is 1.72. The molecular weight excluding hydrogens is 286 g/mol. The number of aryl methyl sites for hydroxylation is 1. The molecule has 1 aromatic carbocycles. The Labute approximate surface area is 118 Å². The highest BCUT2D eigenvalue weighted by molar-refractivity contribution is 7.99. The quantitative estimate of drug-likeness (QED) is 0.860. The molecule has 0 radical (unpaired) electrons. The van der Waals surface area contributed by atoms with Crippen molar-refractivity contribution in [2.45, 2.75) is 18.2 Å². The molecule has 0 aliphatic rings. The molecule has 20 heavy (non-hydrogen) atoms. The summed E-state index contributed by atoms with van der Waals surface area (Å²) < 4.78 is 30.9. The first kappa shape index (κ1) is 14.5. The third-order valence-corrected chi connectivity index (χ3v) is 3.43. The van der Waals surface area contributed by atoms with E-state index in [1.807, 2.05) is 0 Å². The van der Waals surface area contributed by atoms with Crippen molar-refractivity contribution in [3.8, 4) is 0 Å². The lowest BCUT2D eigenvalue weighted by Gasteiger charge is -2.03. The van der Waals surface area contributed by atoms with Crippen molar-refractivity contribution in [1.29, 1.82) is 0 Å². The van der Waals surface area contributed by atoms with Crippen LogP contribution < -0.4 is 5.32 Å². The molecule has 0 atom stereocenters. The van der Waals surface area contributed by atoms with E-state index in [2.05, 4.69) is 10.5 Å².